The Morgan fingerprint density at radius 1 is 1.25 bits per heavy atom. The van der Waals surface area contributed by atoms with E-state index in [2.05, 4.69) is 4.37 Å². The zero-order valence-electron chi connectivity index (χ0n) is 11.5. The van der Waals surface area contributed by atoms with E-state index in [1.54, 1.807) is 13.2 Å². The van der Waals surface area contributed by atoms with Crippen molar-refractivity contribution < 1.29 is 14.3 Å². The molecule has 0 aliphatic carbocycles. The standard InChI is InChI=1S/C15H15NO3S/c1-10-8-13(20-16-10)6-4-12-5-7-14(19-11(2)17)15(9-12)18-3/h4-9H,1-3H3. The molecule has 0 atom stereocenters. The van der Waals surface area contributed by atoms with Crippen LogP contribution in [0.3, 0.4) is 0 Å². The highest BCUT2D eigenvalue weighted by Gasteiger charge is 2.07. The summed E-state index contributed by atoms with van der Waals surface area (Å²) in [4.78, 5) is 12.1. The Kier molecular flexibility index (Phi) is 4.53. The first-order valence-corrected chi connectivity index (χ1v) is 6.83. The third kappa shape index (κ3) is 3.68. The van der Waals surface area contributed by atoms with Crippen molar-refractivity contribution in [2.24, 2.45) is 0 Å². The van der Waals surface area contributed by atoms with Crippen LogP contribution in [0.15, 0.2) is 24.3 Å². The van der Waals surface area contributed by atoms with Gasteiger partial charge in [-0.2, -0.15) is 4.37 Å². The van der Waals surface area contributed by atoms with Gasteiger partial charge >= 0.3 is 5.97 Å². The molecule has 1 heterocycles. The lowest BCUT2D eigenvalue weighted by molar-refractivity contribution is -0.132. The summed E-state index contributed by atoms with van der Waals surface area (Å²) in [7, 11) is 1.54. The molecule has 0 N–H and O–H groups in total. The first-order valence-electron chi connectivity index (χ1n) is 6.06. The predicted molar refractivity (Wildman–Crippen MR) is 80.1 cm³/mol. The molecule has 0 bridgehead atoms. The number of rotatable bonds is 4. The summed E-state index contributed by atoms with van der Waals surface area (Å²) in [5, 5.41) is 0. The van der Waals surface area contributed by atoms with E-state index in [0.717, 1.165) is 16.1 Å². The van der Waals surface area contributed by atoms with E-state index >= 15 is 0 Å². The highest BCUT2D eigenvalue weighted by Crippen LogP contribution is 2.29. The van der Waals surface area contributed by atoms with Gasteiger partial charge in [0.2, 0.25) is 0 Å². The lowest BCUT2D eigenvalue weighted by atomic mass is 10.2. The summed E-state index contributed by atoms with van der Waals surface area (Å²) in [6.07, 6.45) is 3.96. The van der Waals surface area contributed by atoms with Crippen LogP contribution in [0.25, 0.3) is 12.2 Å². The molecule has 0 fully saturated rings. The maximum absolute atomic E-state index is 11.0. The summed E-state index contributed by atoms with van der Waals surface area (Å²) in [6.45, 7) is 3.32. The van der Waals surface area contributed by atoms with Crippen molar-refractivity contribution in [3.8, 4) is 11.5 Å². The van der Waals surface area contributed by atoms with Crippen LogP contribution in [0.5, 0.6) is 11.5 Å². The number of esters is 1. The molecule has 0 unspecified atom stereocenters. The second-order valence-electron chi connectivity index (χ2n) is 4.21. The molecule has 1 aromatic heterocycles. The third-order valence-corrected chi connectivity index (χ3v) is 3.37. The zero-order valence-corrected chi connectivity index (χ0v) is 12.4. The zero-order chi connectivity index (χ0) is 14.5. The topological polar surface area (TPSA) is 48.4 Å². The number of aromatic nitrogens is 1. The average molecular weight is 289 g/mol. The Bertz CT molecular complexity index is 646. The Hall–Kier alpha value is -2.14. The summed E-state index contributed by atoms with van der Waals surface area (Å²) >= 11 is 1.45. The van der Waals surface area contributed by atoms with E-state index in [1.807, 2.05) is 37.3 Å². The van der Waals surface area contributed by atoms with E-state index in [1.165, 1.54) is 18.5 Å². The Morgan fingerprint density at radius 3 is 2.65 bits per heavy atom. The molecule has 0 saturated heterocycles. The SMILES string of the molecule is COc1cc(C=Cc2cc(C)ns2)ccc1OC(C)=O. The Labute approximate surface area is 121 Å². The molecular formula is C15H15NO3S. The number of aryl methyl sites for hydroxylation is 1. The Balaban J connectivity index is 2.21. The molecule has 1 aromatic carbocycles. The largest absolute Gasteiger partial charge is 0.493 e. The van der Waals surface area contributed by atoms with Gasteiger partial charge in [-0.05, 0) is 48.3 Å². The lowest BCUT2D eigenvalue weighted by Gasteiger charge is -2.08. The van der Waals surface area contributed by atoms with Gasteiger partial charge in [-0.3, -0.25) is 4.79 Å². The molecule has 20 heavy (non-hydrogen) atoms. The van der Waals surface area contributed by atoms with Crippen LogP contribution in [-0.2, 0) is 4.79 Å². The minimum absolute atomic E-state index is 0.369. The number of nitrogens with zero attached hydrogens (tertiary/aromatic N) is 1. The average Bonchev–Trinajstić information content (AvgIpc) is 2.83. The fourth-order valence-corrected chi connectivity index (χ4v) is 2.32. The lowest BCUT2D eigenvalue weighted by Crippen LogP contribution is -2.02. The molecular weight excluding hydrogens is 274 g/mol. The minimum Gasteiger partial charge on any atom is -0.493 e. The van der Waals surface area contributed by atoms with Crippen LogP contribution < -0.4 is 9.47 Å². The second kappa shape index (κ2) is 6.34. The summed E-state index contributed by atoms with van der Waals surface area (Å²) in [5.74, 6) is 0.584. The number of hydrogen-bond donors (Lipinski definition) is 0. The third-order valence-electron chi connectivity index (χ3n) is 2.53. The maximum Gasteiger partial charge on any atom is 0.308 e. The van der Waals surface area contributed by atoms with Crippen molar-refractivity contribution in [1.82, 2.24) is 4.37 Å². The molecule has 0 spiro atoms. The van der Waals surface area contributed by atoms with E-state index in [9.17, 15) is 4.79 Å². The van der Waals surface area contributed by atoms with Crippen molar-refractivity contribution in [2.45, 2.75) is 13.8 Å². The molecule has 104 valence electrons. The van der Waals surface area contributed by atoms with Crippen molar-refractivity contribution >= 4 is 29.7 Å². The van der Waals surface area contributed by atoms with E-state index in [4.69, 9.17) is 9.47 Å². The normalized spacial score (nSPS) is 10.8. The van der Waals surface area contributed by atoms with Crippen molar-refractivity contribution in [3.05, 3.63) is 40.4 Å². The molecule has 0 amide bonds. The minimum atomic E-state index is -0.369. The van der Waals surface area contributed by atoms with Gasteiger partial charge in [-0.1, -0.05) is 12.1 Å². The number of hydrogen-bond acceptors (Lipinski definition) is 5. The molecule has 0 saturated carbocycles. The molecule has 0 radical (unpaired) electrons. The number of ether oxygens (including phenoxy) is 2. The van der Waals surface area contributed by atoms with Crippen molar-refractivity contribution in [1.29, 1.82) is 0 Å². The van der Waals surface area contributed by atoms with Gasteiger partial charge in [0.25, 0.3) is 0 Å². The van der Waals surface area contributed by atoms with Gasteiger partial charge in [0, 0.05) is 11.8 Å². The Morgan fingerprint density at radius 2 is 2.05 bits per heavy atom. The van der Waals surface area contributed by atoms with Gasteiger partial charge in [0.15, 0.2) is 11.5 Å². The molecule has 0 aliphatic rings. The first kappa shape index (κ1) is 14.3. The van der Waals surface area contributed by atoms with Gasteiger partial charge in [-0.15, -0.1) is 0 Å². The highest BCUT2D eigenvalue weighted by molar-refractivity contribution is 7.06. The molecule has 5 heteroatoms. The van der Waals surface area contributed by atoms with Crippen LogP contribution >= 0.6 is 11.5 Å². The van der Waals surface area contributed by atoms with Gasteiger partial charge in [0.1, 0.15) is 0 Å². The van der Waals surface area contributed by atoms with Crippen LogP contribution in [0.1, 0.15) is 23.1 Å². The number of carbonyl (C=O) groups excluding carboxylic acids is 1. The van der Waals surface area contributed by atoms with E-state index in [0.29, 0.717) is 11.5 Å². The second-order valence-corrected chi connectivity index (χ2v) is 5.04. The van der Waals surface area contributed by atoms with Crippen LogP contribution in [0.2, 0.25) is 0 Å². The van der Waals surface area contributed by atoms with Gasteiger partial charge < -0.3 is 9.47 Å². The van der Waals surface area contributed by atoms with Crippen LogP contribution in [-0.4, -0.2) is 17.5 Å². The summed E-state index contributed by atoms with van der Waals surface area (Å²) in [6, 6.07) is 7.43. The molecule has 4 nitrogen and oxygen atoms in total. The van der Waals surface area contributed by atoms with Crippen LogP contribution in [0.4, 0.5) is 0 Å². The van der Waals surface area contributed by atoms with E-state index in [-0.39, 0.29) is 5.97 Å². The highest BCUT2D eigenvalue weighted by atomic mass is 32.1. The fourth-order valence-electron chi connectivity index (χ4n) is 1.67. The summed E-state index contributed by atoms with van der Waals surface area (Å²) in [5.41, 5.74) is 1.97. The maximum atomic E-state index is 11.0. The summed E-state index contributed by atoms with van der Waals surface area (Å²) < 4.78 is 14.5. The van der Waals surface area contributed by atoms with Gasteiger partial charge in [-0.25, -0.2) is 0 Å². The van der Waals surface area contributed by atoms with E-state index < -0.39 is 0 Å². The van der Waals surface area contributed by atoms with Crippen LogP contribution in [0, 0.1) is 6.92 Å². The monoisotopic (exact) mass is 289 g/mol. The first-order chi connectivity index (χ1) is 9.58. The predicted octanol–water partition coefficient (Wildman–Crippen LogP) is 3.56. The number of benzene rings is 1. The fraction of sp³-hybridized carbons (Fsp3) is 0.200. The molecule has 2 aromatic rings. The quantitative estimate of drug-likeness (QED) is 0.638. The molecule has 0 aliphatic heterocycles. The van der Waals surface area contributed by atoms with Crippen molar-refractivity contribution in [3.63, 3.8) is 0 Å². The smallest absolute Gasteiger partial charge is 0.308 e. The number of carbonyl (C=O) groups is 1. The van der Waals surface area contributed by atoms with Crippen molar-refractivity contribution in [2.75, 3.05) is 7.11 Å². The van der Waals surface area contributed by atoms with Gasteiger partial charge in [0.05, 0.1) is 12.8 Å². The number of methoxy groups -OCH3 is 1. The molecule has 2 rings (SSSR count).